The Morgan fingerprint density at radius 3 is 2.48 bits per heavy atom. The molecule has 2 saturated heterocycles. The molecule has 176 valence electrons. The summed E-state index contributed by atoms with van der Waals surface area (Å²) in [5.41, 5.74) is 1.26. The van der Waals surface area contributed by atoms with Crippen LogP contribution in [0.1, 0.15) is 31.2 Å². The molecule has 7 nitrogen and oxygen atoms in total. The normalized spacial score (nSPS) is 21.2. The summed E-state index contributed by atoms with van der Waals surface area (Å²) in [5, 5.41) is 3.03. The second kappa shape index (κ2) is 11.8. The molecule has 2 fully saturated rings. The molecule has 0 spiro atoms. The van der Waals surface area contributed by atoms with Crippen LogP contribution >= 0.6 is 0 Å². The molecule has 33 heavy (non-hydrogen) atoms. The molecule has 0 bridgehead atoms. The molecule has 0 aliphatic carbocycles. The van der Waals surface area contributed by atoms with Crippen LogP contribution in [0.15, 0.2) is 54.7 Å². The number of hydrogen-bond donors (Lipinski definition) is 1. The van der Waals surface area contributed by atoms with Gasteiger partial charge in [-0.15, -0.1) is 0 Å². The van der Waals surface area contributed by atoms with Crippen molar-refractivity contribution in [2.75, 3.05) is 50.7 Å². The number of hydrogen-bond acceptors (Lipinski definition) is 5. The zero-order chi connectivity index (χ0) is 22.9. The Morgan fingerprint density at radius 1 is 0.939 bits per heavy atom. The summed E-state index contributed by atoms with van der Waals surface area (Å²) in [5.74, 6) is 1.24. The highest BCUT2D eigenvalue weighted by atomic mass is 16.2. The molecule has 7 heteroatoms. The summed E-state index contributed by atoms with van der Waals surface area (Å²) in [6.45, 7) is 6.10. The average molecular weight is 450 g/mol. The summed E-state index contributed by atoms with van der Waals surface area (Å²) in [4.78, 5) is 36.7. The van der Waals surface area contributed by atoms with Gasteiger partial charge in [0, 0.05) is 64.3 Å². The minimum Gasteiger partial charge on any atom is -0.356 e. The Labute approximate surface area is 196 Å². The molecule has 2 aliphatic heterocycles. The Hall–Kier alpha value is -2.93. The maximum Gasteiger partial charge on any atom is 0.225 e. The lowest BCUT2D eigenvalue weighted by molar-refractivity contribution is -0.136. The molecular weight excluding hydrogens is 414 g/mol. The topological polar surface area (TPSA) is 68.8 Å². The number of nitrogens with zero attached hydrogens (tertiary/aromatic N) is 4. The van der Waals surface area contributed by atoms with Gasteiger partial charge in [-0.3, -0.25) is 14.5 Å². The van der Waals surface area contributed by atoms with E-state index < -0.39 is 0 Å². The van der Waals surface area contributed by atoms with Gasteiger partial charge in [0.25, 0.3) is 0 Å². The first-order valence-electron chi connectivity index (χ1n) is 12.2. The molecule has 1 N–H and O–H groups in total. The van der Waals surface area contributed by atoms with E-state index >= 15 is 0 Å². The zero-order valence-corrected chi connectivity index (χ0v) is 19.4. The standard InChI is InChI=1S/C26H35N5O2/c32-25-12-16-29(21-22-7-2-1-3-8-22)15-6-9-23(11-14-28-25)26(33)31-19-17-30(18-20-31)24-10-4-5-13-27-24/h1-5,7-8,10,13,23H,6,9,11-12,14-21H2,(H,28,32). The van der Waals surface area contributed by atoms with Crippen molar-refractivity contribution >= 4 is 17.6 Å². The SMILES string of the molecule is O=C1CCN(Cc2ccccc2)CCCC(C(=O)N2CCN(c3ccccn3)CC2)CCN1. The summed E-state index contributed by atoms with van der Waals surface area (Å²) in [7, 11) is 0. The van der Waals surface area contributed by atoms with Crippen molar-refractivity contribution in [2.45, 2.75) is 32.2 Å². The van der Waals surface area contributed by atoms with Crippen molar-refractivity contribution in [3.05, 3.63) is 60.3 Å². The van der Waals surface area contributed by atoms with Crippen LogP contribution in [0.2, 0.25) is 0 Å². The molecule has 2 aromatic rings. The number of rotatable bonds is 4. The molecule has 1 aromatic carbocycles. The van der Waals surface area contributed by atoms with E-state index in [1.165, 1.54) is 5.56 Å². The molecule has 1 aromatic heterocycles. The van der Waals surface area contributed by atoms with Gasteiger partial charge in [0.2, 0.25) is 11.8 Å². The number of anilines is 1. The van der Waals surface area contributed by atoms with Gasteiger partial charge in [0.1, 0.15) is 5.82 Å². The number of carbonyl (C=O) groups is 2. The minimum absolute atomic E-state index is 0.0385. The number of aromatic nitrogens is 1. The van der Waals surface area contributed by atoms with Gasteiger partial charge in [-0.25, -0.2) is 4.98 Å². The molecule has 1 unspecified atom stereocenters. The largest absolute Gasteiger partial charge is 0.356 e. The third-order valence-corrected chi connectivity index (χ3v) is 6.66. The molecule has 1 atom stereocenters. The smallest absolute Gasteiger partial charge is 0.225 e. The number of pyridine rings is 1. The van der Waals surface area contributed by atoms with E-state index in [4.69, 9.17) is 0 Å². The van der Waals surface area contributed by atoms with Crippen molar-refractivity contribution in [1.82, 2.24) is 20.1 Å². The Morgan fingerprint density at radius 2 is 1.73 bits per heavy atom. The van der Waals surface area contributed by atoms with Gasteiger partial charge < -0.3 is 15.1 Å². The second-order valence-corrected chi connectivity index (χ2v) is 8.99. The lowest BCUT2D eigenvalue weighted by Crippen LogP contribution is -2.51. The fourth-order valence-electron chi connectivity index (χ4n) is 4.75. The van der Waals surface area contributed by atoms with Gasteiger partial charge in [0.15, 0.2) is 0 Å². The maximum atomic E-state index is 13.4. The van der Waals surface area contributed by atoms with E-state index in [0.717, 1.165) is 64.5 Å². The van der Waals surface area contributed by atoms with E-state index in [9.17, 15) is 9.59 Å². The van der Waals surface area contributed by atoms with Gasteiger partial charge in [0.05, 0.1) is 0 Å². The first kappa shape index (κ1) is 23.2. The highest BCUT2D eigenvalue weighted by Gasteiger charge is 2.28. The monoisotopic (exact) mass is 449 g/mol. The summed E-state index contributed by atoms with van der Waals surface area (Å²) < 4.78 is 0. The first-order chi connectivity index (χ1) is 16.2. The fourth-order valence-corrected chi connectivity index (χ4v) is 4.75. The highest BCUT2D eigenvalue weighted by molar-refractivity contribution is 5.79. The Kier molecular flexibility index (Phi) is 8.30. The number of piperazine rings is 1. The predicted molar refractivity (Wildman–Crippen MR) is 130 cm³/mol. The lowest BCUT2D eigenvalue weighted by Gasteiger charge is -2.37. The van der Waals surface area contributed by atoms with Crippen LogP contribution in [-0.2, 0) is 16.1 Å². The number of carbonyl (C=O) groups excluding carboxylic acids is 2. The zero-order valence-electron chi connectivity index (χ0n) is 19.4. The molecule has 0 saturated carbocycles. The maximum absolute atomic E-state index is 13.4. The van der Waals surface area contributed by atoms with Crippen LogP contribution < -0.4 is 10.2 Å². The number of nitrogens with one attached hydrogen (secondary N) is 1. The molecular formula is C26H35N5O2. The summed E-state index contributed by atoms with van der Waals surface area (Å²) in [6.07, 6.45) is 4.85. The quantitative estimate of drug-likeness (QED) is 0.777. The number of benzene rings is 1. The third-order valence-electron chi connectivity index (χ3n) is 6.66. The van der Waals surface area contributed by atoms with Crippen LogP contribution in [0.3, 0.4) is 0 Å². The van der Waals surface area contributed by atoms with E-state index in [2.05, 4.69) is 44.4 Å². The van der Waals surface area contributed by atoms with Crippen molar-refractivity contribution < 1.29 is 9.59 Å². The van der Waals surface area contributed by atoms with Crippen molar-refractivity contribution in [3.8, 4) is 0 Å². The van der Waals surface area contributed by atoms with E-state index in [-0.39, 0.29) is 17.7 Å². The van der Waals surface area contributed by atoms with Crippen LogP contribution in [0.5, 0.6) is 0 Å². The van der Waals surface area contributed by atoms with E-state index in [1.807, 2.05) is 35.4 Å². The van der Waals surface area contributed by atoms with E-state index in [1.54, 1.807) is 0 Å². The fraction of sp³-hybridized carbons (Fsp3) is 0.500. The van der Waals surface area contributed by atoms with Gasteiger partial charge >= 0.3 is 0 Å². The van der Waals surface area contributed by atoms with Crippen LogP contribution in [-0.4, -0.2) is 72.4 Å². The van der Waals surface area contributed by atoms with Gasteiger partial charge in [-0.1, -0.05) is 36.4 Å². The van der Waals surface area contributed by atoms with Gasteiger partial charge in [-0.2, -0.15) is 0 Å². The average Bonchev–Trinajstić information content (AvgIpc) is 2.90. The molecule has 2 amide bonds. The molecule has 4 rings (SSSR count). The highest BCUT2D eigenvalue weighted by Crippen LogP contribution is 2.20. The van der Waals surface area contributed by atoms with Crippen LogP contribution in [0, 0.1) is 5.92 Å². The third kappa shape index (κ3) is 6.78. The van der Waals surface area contributed by atoms with Crippen molar-refractivity contribution in [1.29, 1.82) is 0 Å². The predicted octanol–water partition coefficient (Wildman–Crippen LogP) is 2.54. The molecule has 0 radical (unpaired) electrons. The summed E-state index contributed by atoms with van der Waals surface area (Å²) in [6, 6.07) is 16.3. The number of amides is 2. The summed E-state index contributed by atoms with van der Waals surface area (Å²) >= 11 is 0. The first-order valence-corrected chi connectivity index (χ1v) is 12.2. The van der Waals surface area contributed by atoms with Crippen molar-refractivity contribution in [2.24, 2.45) is 5.92 Å². The minimum atomic E-state index is -0.0385. The van der Waals surface area contributed by atoms with E-state index in [0.29, 0.717) is 19.4 Å². The second-order valence-electron chi connectivity index (χ2n) is 8.99. The molecule has 2 aliphatic rings. The lowest BCUT2D eigenvalue weighted by atomic mass is 9.97. The van der Waals surface area contributed by atoms with Gasteiger partial charge in [-0.05, 0) is 43.5 Å². The molecule has 3 heterocycles. The van der Waals surface area contributed by atoms with Crippen LogP contribution in [0.25, 0.3) is 0 Å². The van der Waals surface area contributed by atoms with Crippen molar-refractivity contribution in [3.63, 3.8) is 0 Å². The Balaban J connectivity index is 1.33. The Bertz CT molecular complexity index is 884. The van der Waals surface area contributed by atoms with Crippen LogP contribution in [0.4, 0.5) is 5.82 Å².